The molecule has 20 heavy (non-hydrogen) atoms. The molecule has 0 aliphatic rings. The number of carbonyl (C=O) groups excluding carboxylic acids is 1. The molecule has 0 heterocycles. The largest absolute Gasteiger partial charge is 0.495 e. The van der Waals surface area contributed by atoms with E-state index >= 15 is 0 Å². The molecule has 0 aromatic heterocycles. The highest BCUT2D eigenvalue weighted by atomic mass is 16.5. The van der Waals surface area contributed by atoms with Gasteiger partial charge in [-0.05, 0) is 24.7 Å². The quantitative estimate of drug-likeness (QED) is 0.852. The Morgan fingerprint density at radius 2 is 2.25 bits per heavy atom. The van der Waals surface area contributed by atoms with Crippen molar-refractivity contribution in [3.63, 3.8) is 0 Å². The molecule has 0 saturated carbocycles. The van der Waals surface area contributed by atoms with Gasteiger partial charge in [0, 0.05) is 26.1 Å². The van der Waals surface area contributed by atoms with Crippen LogP contribution < -0.4 is 10.1 Å². The summed E-state index contributed by atoms with van der Waals surface area (Å²) in [5, 5.41) is 11.6. The SMILES string of the molecule is CNC(=O)C(C)CN(C)Cc1ccc(C#N)c(OC)c1. The molecule has 1 amide bonds. The van der Waals surface area contributed by atoms with Crippen molar-refractivity contribution in [2.24, 2.45) is 5.92 Å². The maximum absolute atomic E-state index is 11.5. The molecule has 0 aliphatic carbocycles. The van der Waals surface area contributed by atoms with E-state index in [1.54, 1.807) is 20.2 Å². The Morgan fingerprint density at radius 3 is 2.80 bits per heavy atom. The third kappa shape index (κ3) is 4.25. The average molecular weight is 275 g/mol. The summed E-state index contributed by atoms with van der Waals surface area (Å²) in [6.07, 6.45) is 0. The van der Waals surface area contributed by atoms with E-state index in [4.69, 9.17) is 10.00 Å². The molecule has 0 radical (unpaired) electrons. The maximum atomic E-state index is 11.5. The molecule has 5 nitrogen and oxygen atoms in total. The molecule has 0 saturated heterocycles. The Morgan fingerprint density at radius 1 is 1.55 bits per heavy atom. The van der Waals surface area contributed by atoms with Crippen molar-refractivity contribution in [1.29, 1.82) is 5.26 Å². The molecule has 108 valence electrons. The minimum Gasteiger partial charge on any atom is -0.495 e. The van der Waals surface area contributed by atoms with Crippen LogP contribution >= 0.6 is 0 Å². The number of nitrogens with one attached hydrogen (secondary N) is 1. The van der Waals surface area contributed by atoms with Crippen LogP contribution in [0.3, 0.4) is 0 Å². The van der Waals surface area contributed by atoms with Crippen molar-refractivity contribution < 1.29 is 9.53 Å². The highest BCUT2D eigenvalue weighted by Gasteiger charge is 2.14. The molecular formula is C15H21N3O2. The Bertz CT molecular complexity index is 508. The third-order valence-corrected chi connectivity index (χ3v) is 3.12. The summed E-state index contributed by atoms with van der Waals surface area (Å²) >= 11 is 0. The van der Waals surface area contributed by atoms with Crippen LogP contribution in [0.25, 0.3) is 0 Å². The van der Waals surface area contributed by atoms with E-state index in [9.17, 15) is 4.79 Å². The third-order valence-electron chi connectivity index (χ3n) is 3.12. The molecular weight excluding hydrogens is 254 g/mol. The molecule has 1 aromatic rings. The second kappa shape index (κ2) is 7.51. The van der Waals surface area contributed by atoms with Gasteiger partial charge in [0.1, 0.15) is 11.8 Å². The molecule has 0 aliphatic heterocycles. The molecule has 1 aromatic carbocycles. The fourth-order valence-electron chi connectivity index (χ4n) is 2.10. The lowest BCUT2D eigenvalue weighted by Gasteiger charge is -2.20. The summed E-state index contributed by atoms with van der Waals surface area (Å²) in [7, 11) is 5.16. The number of amides is 1. The van der Waals surface area contributed by atoms with Gasteiger partial charge in [0.25, 0.3) is 0 Å². The minimum atomic E-state index is -0.0646. The van der Waals surface area contributed by atoms with Crippen molar-refractivity contribution in [3.8, 4) is 11.8 Å². The van der Waals surface area contributed by atoms with Crippen LogP contribution in [0.4, 0.5) is 0 Å². The number of hydrogen-bond acceptors (Lipinski definition) is 4. The van der Waals surface area contributed by atoms with Crippen molar-refractivity contribution in [2.75, 3.05) is 27.7 Å². The number of benzene rings is 1. The van der Waals surface area contributed by atoms with Gasteiger partial charge in [-0.2, -0.15) is 5.26 Å². The summed E-state index contributed by atoms with van der Waals surface area (Å²) in [6, 6.07) is 7.61. The minimum absolute atomic E-state index is 0.0364. The summed E-state index contributed by atoms with van der Waals surface area (Å²) < 4.78 is 5.19. The van der Waals surface area contributed by atoms with E-state index < -0.39 is 0 Å². The average Bonchev–Trinajstić information content (AvgIpc) is 2.45. The summed E-state index contributed by atoms with van der Waals surface area (Å²) in [6.45, 7) is 3.26. The fourth-order valence-corrected chi connectivity index (χ4v) is 2.10. The maximum Gasteiger partial charge on any atom is 0.223 e. The number of rotatable bonds is 6. The van der Waals surface area contributed by atoms with Gasteiger partial charge in [0.2, 0.25) is 5.91 Å². The topological polar surface area (TPSA) is 65.4 Å². The van der Waals surface area contributed by atoms with Crippen LogP contribution in [0.1, 0.15) is 18.1 Å². The number of carbonyl (C=O) groups is 1. The van der Waals surface area contributed by atoms with Gasteiger partial charge in [-0.3, -0.25) is 4.79 Å². The normalized spacial score (nSPS) is 11.8. The number of methoxy groups -OCH3 is 1. The number of hydrogen-bond donors (Lipinski definition) is 1. The Kier molecular flexibility index (Phi) is 6.01. The van der Waals surface area contributed by atoms with E-state index in [-0.39, 0.29) is 11.8 Å². The smallest absolute Gasteiger partial charge is 0.223 e. The zero-order valence-corrected chi connectivity index (χ0v) is 12.4. The molecule has 5 heteroatoms. The zero-order chi connectivity index (χ0) is 15.1. The van der Waals surface area contributed by atoms with Crippen LogP contribution in [-0.4, -0.2) is 38.6 Å². The Hall–Kier alpha value is -2.06. The first kappa shape index (κ1) is 16.0. The Balaban J connectivity index is 2.69. The lowest BCUT2D eigenvalue weighted by Crippen LogP contribution is -2.34. The molecule has 1 rings (SSSR count). The van der Waals surface area contributed by atoms with Crippen LogP contribution in [-0.2, 0) is 11.3 Å². The van der Waals surface area contributed by atoms with Crippen LogP contribution in [0.5, 0.6) is 5.75 Å². The van der Waals surface area contributed by atoms with Gasteiger partial charge >= 0.3 is 0 Å². The second-order valence-corrected chi connectivity index (χ2v) is 4.86. The number of nitrogens with zero attached hydrogens (tertiary/aromatic N) is 2. The summed E-state index contributed by atoms with van der Waals surface area (Å²) in [5.41, 5.74) is 1.57. The monoisotopic (exact) mass is 275 g/mol. The van der Waals surface area contributed by atoms with Crippen molar-refractivity contribution in [3.05, 3.63) is 29.3 Å². The molecule has 1 N–H and O–H groups in total. The molecule has 0 bridgehead atoms. The van der Waals surface area contributed by atoms with Gasteiger partial charge in [0.15, 0.2) is 0 Å². The lowest BCUT2D eigenvalue weighted by atomic mass is 10.1. The van der Waals surface area contributed by atoms with Crippen LogP contribution in [0.15, 0.2) is 18.2 Å². The highest BCUT2D eigenvalue weighted by Crippen LogP contribution is 2.20. The van der Waals surface area contributed by atoms with Crippen molar-refractivity contribution >= 4 is 5.91 Å². The van der Waals surface area contributed by atoms with Gasteiger partial charge in [-0.25, -0.2) is 0 Å². The number of nitriles is 1. The molecule has 0 spiro atoms. The van der Waals surface area contributed by atoms with E-state index in [1.807, 2.05) is 26.1 Å². The predicted molar refractivity (Wildman–Crippen MR) is 77.3 cm³/mol. The van der Waals surface area contributed by atoms with E-state index in [0.29, 0.717) is 24.4 Å². The fraction of sp³-hybridized carbons (Fsp3) is 0.467. The second-order valence-electron chi connectivity index (χ2n) is 4.86. The van der Waals surface area contributed by atoms with Crippen molar-refractivity contribution in [2.45, 2.75) is 13.5 Å². The lowest BCUT2D eigenvalue weighted by molar-refractivity contribution is -0.124. The van der Waals surface area contributed by atoms with E-state index in [2.05, 4.69) is 16.3 Å². The van der Waals surface area contributed by atoms with E-state index in [1.165, 1.54) is 0 Å². The van der Waals surface area contributed by atoms with E-state index in [0.717, 1.165) is 5.56 Å². The molecule has 0 fully saturated rings. The summed E-state index contributed by atoms with van der Waals surface area (Å²) in [5.74, 6) is 0.553. The zero-order valence-electron chi connectivity index (χ0n) is 12.4. The molecule has 1 unspecified atom stereocenters. The standard InChI is InChI=1S/C15H21N3O2/c1-11(15(19)17-2)9-18(3)10-12-5-6-13(8-16)14(7-12)20-4/h5-7,11H,9-10H2,1-4H3,(H,17,19). The first-order valence-corrected chi connectivity index (χ1v) is 6.49. The van der Waals surface area contributed by atoms with Gasteiger partial charge in [-0.15, -0.1) is 0 Å². The predicted octanol–water partition coefficient (Wildman–Crippen LogP) is 1.38. The van der Waals surface area contributed by atoms with Gasteiger partial charge in [0.05, 0.1) is 12.7 Å². The molecule has 1 atom stereocenters. The van der Waals surface area contributed by atoms with Crippen molar-refractivity contribution in [1.82, 2.24) is 10.2 Å². The Labute approximate surface area is 120 Å². The van der Waals surface area contributed by atoms with Gasteiger partial charge in [-0.1, -0.05) is 13.0 Å². The highest BCUT2D eigenvalue weighted by molar-refractivity contribution is 5.78. The number of ether oxygens (including phenoxy) is 1. The first-order valence-electron chi connectivity index (χ1n) is 6.49. The first-order chi connectivity index (χ1) is 9.51. The summed E-state index contributed by atoms with van der Waals surface area (Å²) in [4.78, 5) is 13.6. The van der Waals surface area contributed by atoms with Crippen LogP contribution in [0, 0.1) is 17.2 Å². The van der Waals surface area contributed by atoms with Crippen LogP contribution in [0.2, 0.25) is 0 Å². The van der Waals surface area contributed by atoms with Gasteiger partial charge < -0.3 is 15.0 Å².